The van der Waals surface area contributed by atoms with Gasteiger partial charge >= 0.3 is 12.4 Å². The number of halogens is 7. The van der Waals surface area contributed by atoms with Gasteiger partial charge in [0.05, 0.1) is 29.5 Å². The number of thiophene rings is 1. The quantitative estimate of drug-likeness (QED) is 0.184. The van der Waals surface area contributed by atoms with Crippen molar-refractivity contribution in [3.8, 4) is 5.75 Å². The van der Waals surface area contributed by atoms with Gasteiger partial charge in [0.1, 0.15) is 23.1 Å². The first kappa shape index (κ1) is 33.7. The van der Waals surface area contributed by atoms with E-state index in [1.807, 2.05) is 0 Å². The molecule has 1 fully saturated rings. The molecule has 0 spiro atoms. The lowest BCUT2D eigenvalue weighted by molar-refractivity contribution is -0.140. The molecule has 2 heterocycles. The number of carbonyl (C=O) groups is 3. The third-order valence-corrected chi connectivity index (χ3v) is 8.76. The lowest BCUT2D eigenvalue weighted by Gasteiger charge is -2.17. The molecule has 16 heteroatoms. The summed E-state index contributed by atoms with van der Waals surface area (Å²) in [6.07, 6.45) is -9.27. The van der Waals surface area contributed by atoms with E-state index < -0.39 is 59.3 Å². The van der Waals surface area contributed by atoms with Crippen molar-refractivity contribution in [2.24, 2.45) is 0 Å². The predicted molar refractivity (Wildman–Crippen MR) is 158 cm³/mol. The molecule has 1 aliphatic rings. The topological polar surface area (TPSA) is 108 Å². The molecule has 1 aliphatic heterocycles. The largest absolute Gasteiger partial charge is 0.496 e. The van der Waals surface area contributed by atoms with Crippen LogP contribution < -0.4 is 15.4 Å². The monoisotopic (exact) mass is 683 g/mol. The molecule has 3 aromatic carbocycles. The average Bonchev–Trinajstić information content (AvgIpc) is 3.66. The molecule has 5 rings (SSSR count). The molecule has 8 nitrogen and oxygen atoms in total. The summed E-state index contributed by atoms with van der Waals surface area (Å²) in [6.45, 7) is 0.0191. The highest BCUT2D eigenvalue weighted by atomic mass is 32.1. The third-order valence-electron chi connectivity index (χ3n) is 7.61. The minimum atomic E-state index is -5.08. The zero-order valence-corrected chi connectivity index (χ0v) is 25.0. The van der Waals surface area contributed by atoms with Crippen LogP contribution in [-0.2, 0) is 17.1 Å². The normalized spacial score (nSPS) is 15.2. The molecule has 1 atom stereocenters. The van der Waals surface area contributed by atoms with Gasteiger partial charge in [0.2, 0.25) is 5.91 Å². The van der Waals surface area contributed by atoms with E-state index in [1.165, 1.54) is 24.1 Å². The summed E-state index contributed by atoms with van der Waals surface area (Å²) < 4.78 is 99.4. The van der Waals surface area contributed by atoms with Crippen molar-refractivity contribution in [3.05, 3.63) is 87.5 Å². The summed E-state index contributed by atoms with van der Waals surface area (Å²) in [5.74, 6) is -3.99. The number of amides is 3. The molecular formula is C31H24F7N3O5S. The SMILES string of the molecule is COc1ccc(C2CCN(C(=O)CO)C2)cc1C(=O)Nc1c(C(=O)Nc2ccc(F)c(C(F)(F)F)c2)sc2cc(C(F)(F)F)ccc12. The summed E-state index contributed by atoms with van der Waals surface area (Å²) in [4.78, 5) is 40.2. The number of aliphatic hydroxyl groups excluding tert-OH is 1. The van der Waals surface area contributed by atoms with Gasteiger partial charge in [-0.05, 0) is 54.4 Å². The van der Waals surface area contributed by atoms with Crippen LogP contribution in [0.2, 0.25) is 0 Å². The summed E-state index contributed by atoms with van der Waals surface area (Å²) in [6, 6.07) is 9.06. The molecule has 1 unspecified atom stereocenters. The van der Waals surface area contributed by atoms with Gasteiger partial charge in [-0.15, -0.1) is 11.3 Å². The van der Waals surface area contributed by atoms with E-state index in [4.69, 9.17) is 4.74 Å². The molecule has 0 radical (unpaired) electrons. The second kappa shape index (κ2) is 12.8. The molecular weight excluding hydrogens is 659 g/mol. The molecule has 0 bridgehead atoms. The smallest absolute Gasteiger partial charge is 0.419 e. The molecule has 1 aromatic heterocycles. The maximum atomic E-state index is 13.8. The van der Waals surface area contributed by atoms with Crippen LogP contribution >= 0.6 is 11.3 Å². The number of alkyl halides is 6. The van der Waals surface area contributed by atoms with Crippen molar-refractivity contribution >= 4 is 50.5 Å². The van der Waals surface area contributed by atoms with E-state index in [0.29, 0.717) is 42.0 Å². The van der Waals surface area contributed by atoms with Crippen LogP contribution in [0.5, 0.6) is 5.75 Å². The number of ether oxygens (including phenoxy) is 1. The number of likely N-dealkylation sites (tertiary alicyclic amines) is 1. The molecule has 3 N–H and O–H groups in total. The summed E-state index contributed by atoms with van der Waals surface area (Å²) >= 11 is 0.558. The van der Waals surface area contributed by atoms with Crippen LogP contribution in [0.4, 0.5) is 42.1 Å². The Balaban J connectivity index is 1.52. The first-order valence-corrected chi connectivity index (χ1v) is 14.6. The minimum Gasteiger partial charge on any atom is -0.496 e. The zero-order valence-electron chi connectivity index (χ0n) is 24.2. The second-order valence-corrected chi connectivity index (χ2v) is 11.6. The first-order valence-electron chi connectivity index (χ1n) is 13.8. The van der Waals surface area contributed by atoms with Crippen molar-refractivity contribution < 1.29 is 55.0 Å². The number of carbonyl (C=O) groups excluding carboxylic acids is 3. The van der Waals surface area contributed by atoms with Crippen molar-refractivity contribution in [2.75, 3.05) is 37.4 Å². The number of nitrogens with zero attached hydrogens (tertiary/aromatic N) is 1. The van der Waals surface area contributed by atoms with Gasteiger partial charge in [-0.1, -0.05) is 12.1 Å². The van der Waals surface area contributed by atoms with Gasteiger partial charge in [-0.2, -0.15) is 26.3 Å². The van der Waals surface area contributed by atoms with Crippen LogP contribution in [0.3, 0.4) is 0 Å². The van der Waals surface area contributed by atoms with Crippen molar-refractivity contribution in [2.45, 2.75) is 24.7 Å². The van der Waals surface area contributed by atoms with Gasteiger partial charge in [0.15, 0.2) is 0 Å². The lowest BCUT2D eigenvalue weighted by Crippen LogP contribution is -2.30. The van der Waals surface area contributed by atoms with E-state index in [0.717, 1.165) is 24.3 Å². The van der Waals surface area contributed by atoms with Gasteiger partial charge in [0, 0.05) is 34.8 Å². The molecule has 47 heavy (non-hydrogen) atoms. The van der Waals surface area contributed by atoms with Crippen LogP contribution in [0, 0.1) is 5.82 Å². The lowest BCUT2D eigenvalue weighted by atomic mass is 9.96. The number of hydrogen-bond acceptors (Lipinski definition) is 6. The number of hydrogen-bond donors (Lipinski definition) is 3. The maximum absolute atomic E-state index is 13.8. The van der Waals surface area contributed by atoms with E-state index in [-0.39, 0.29) is 44.4 Å². The Labute approximate surface area is 265 Å². The number of fused-ring (bicyclic) bond motifs is 1. The van der Waals surface area contributed by atoms with Gasteiger partial charge in [-0.25, -0.2) is 4.39 Å². The Morgan fingerprint density at radius 1 is 0.957 bits per heavy atom. The van der Waals surface area contributed by atoms with Gasteiger partial charge < -0.3 is 25.4 Å². The predicted octanol–water partition coefficient (Wildman–Crippen LogP) is 6.90. The number of nitrogens with one attached hydrogen (secondary N) is 2. The Hall–Kier alpha value is -4.70. The van der Waals surface area contributed by atoms with E-state index >= 15 is 0 Å². The number of rotatable bonds is 7. The average molecular weight is 684 g/mol. The fourth-order valence-corrected chi connectivity index (χ4v) is 6.35. The van der Waals surface area contributed by atoms with Gasteiger partial charge in [0.25, 0.3) is 11.8 Å². The highest BCUT2D eigenvalue weighted by Gasteiger charge is 2.35. The van der Waals surface area contributed by atoms with Crippen LogP contribution in [0.25, 0.3) is 10.1 Å². The number of anilines is 2. The van der Waals surface area contributed by atoms with E-state index in [9.17, 15) is 50.2 Å². The summed E-state index contributed by atoms with van der Waals surface area (Å²) in [7, 11) is 1.30. The summed E-state index contributed by atoms with van der Waals surface area (Å²) in [5, 5.41) is 14.0. The van der Waals surface area contributed by atoms with E-state index in [1.54, 1.807) is 6.07 Å². The number of aliphatic hydroxyl groups is 1. The first-order chi connectivity index (χ1) is 22.1. The summed E-state index contributed by atoms with van der Waals surface area (Å²) in [5.41, 5.74) is -2.70. The fourth-order valence-electron chi connectivity index (χ4n) is 5.26. The van der Waals surface area contributed by atoms with Crippen LogP contribution in [0.15, 0.2) is 54.6 Å². The number of methoxy groups -OCH3 is 1. The highest BCUT2D eigenvalue weighted by Crippen LogP contribution is 2.41. The van der Waals surface area contributed by atoms with Crippen molar-refractivity contribution in [1.82, 2.24) is 4.90 Å². The zero-order chi connectivity index (χ0) is 34.3. The Morgan fingerprint density at radius 3 is 2.36 bits per heavy atom. The minimum absolute atomic E-state index is 0.0112. The number of benzene rings is 3. The maximum Gasteiger partial charge on any atom is 0.419 e. The fraction of sp³-hybridized carbons (Fsp3) is 0.258. The van der Waals surface area contributed by atoms with Crippen LogP contribution in [-0.4, -0.2) is 54.5 Å². The third kappa shape index (κ3) is 7.02. The Kier molecular flexibility index (Phi) is 9.19. The highest BCUT2D eigenvalue weighted by molar-refractivity contribution is 7.21. The molecule has 1 saturated heterocycles. The molecule has 248 valence electrons. The van der Waals surface area contributed by atoms with Gasteiger partial charge in [-0.3, -0.25) is 14.4 Å². The Morgan fingerprint density at radius 2 is 1.70 bits per heavy atom. The second-order valence-electron chi connectivity index (χ2n) is 10.6. The van der Waals surface area contributed by atoms with Crippen LogP contribution in [0.1, 0.15) is 49.1 Å². The van der Waals surface area contributed by atoms with Crippen molar-refractivity contribution in [3.63, 3.8) is 0 Å². The van der Waals surface area contributed by atoms with E-state index in [2.05, 4.69) is 10.6 Å². The molecule has 4 aromatic rings. The van der Waals surface area contributed by atoms with Crippen molar-refractivity contribution in [1.29, 1.82) is 0 Å². The molecule has 0 aliphatic carbocycles. The molecule has 3 amide bonds. The standard InChI is InChI=1S/C31H24F7N3O5S/c1-46-23-7-2-15(16-8-9-41(13-16)25(43)14-42)10-20(23)28(44)40-26-19-5-3-17(30(33,34)35)11-24(19)47-27(26)29(45)39-18-4-6-22(32)21(12-18)31(36,37)38/h2-7,10-12,16,42H,8-9,13-14H2,1H3,(H,39,45)(H,40,44). The molecule has 0 saturated carbocycles. The Bertz CT molecular complexity index is 1870.